The van der Waals surface area contributed by atoms with Crippen LogP contribution in [0.2, 0.25) is 0 Å². The van der Waals surface area contributed by atoms with Gasteiger partial charge in [-0.3, -0.25) is 4.79 Å². The minimum absolute atomic E-state index is 0.0894. The van der Waals surface area contributed by atoms with E-state index >= 15 is 0 Å². The Morgan fingerprint density at radius 1 is 1.48 bits per heavy atom. The van der Waals surface area contributed by atoms with Crippen molar-refractivity contribution in [3.8, 4) is 0 Å². The lowest BCUT2D eigenvalue weighted by Crippen LogP contribution is -2.40. The van der Waals surface area contributed by atoms with Gasteiger partial charge < -0.3 is 20.4 Å². The molecular formula is C14H25N5O2. The van der Waals surface area contributed by atoms with Crippen molar-refractivity contribution in [2.75, 3.05) is 11.4 Å². The highest BCUT2D eigenvalue weighted by molar-refractivity contribution is 5.80. The van der Waals surface area contributed by atoms with Crippen LogP contribution < -0.4 is 16.2 Å². The first-order valence-corrected chi connectivity index (χ1v) is 7.15. The lowest BCUT2D eigenvalue weighted by Gasteiger charge is -2.27. The summed E-state index contributed by atoms with van der Waals surface area (Å²) in [6, 6.07) is 0.0894. The Morgan fingerprint density at radius 3 is 2.67 bits per heavy atom. The lowest BCUT2D eigenvalue weighted by atomic mass is 10.2. The van der Waals surface area contributed by atoms with E-state index in [0.717, 1.165) is 0 Å². The molecule has 0 radical (unpaired) electrons. The first-order valence-electron chi connectivity index (χ1n) is 7.15. The summed E-state index contributed by atoms with van der Waals surface area (Å²) in [4.78, 5) is 18.6. The van der Waals surface area contributed by atoms with Gasteiger partial charge in [0.2, 0.25) is 0 Å². The van der Waals surface area contributed by atoms with Gasteiger partial charge in [-0.2, -0.15) is 0 Å². The van der Waals surface area contributed by atoms with Crippen LogP contribution in [0.5, 0.6) is 0 Å². The van der Waals surface area contributed by atoms with Crippen molar-refractivity contribution < 1.29 is 5.21 Å². The fourth-order valence-electron chi connectivity index (χ4n) is 2.06. The van der Waals surface area contributed by atoms with E-state index in [4.69, 9.17) is 10.9 Å². The molecule has 0 atom stereocenters. The normalized spacial score (nSPS) is 12.2. The zero-order chi connectivity index (χ0) is 16.0. The molecule has 0 fully saturated rings. The molecular weight excluding hydrogens is 270 g/mol. The standard InChI is InChI=1S/C14H25N5O2/c1-10(2)9-18-8-6-16-13(14(18)20)19(11(3)4)7-5-12(15)17-21/h6,8,10-11,21H,5,7,9H2,1-4H3,(H2,15,17). The van der Waals surface area contributed by atoms with E-state index in [9.17, 15) is 4.79 Å². The first-order chi connectivity index (χ1) is 9.86. The van der Waals surface area contributed by atoms with Crippen LogP contribution in [-0.2, 0) is 6.54 Å². The Hall–Kier alpha value is -2.05. The lowest BCUT2D eigenvalue weighted by molar-refractivity contribution is 0.317. The van der Waals surface area contributed by atoms with Gasteiger partial charge in [-0.1, -0.05) is 19.0 Å². The average molecular weight is 295 g/mol. The molecule has 0 aliphatic carbocycles. The van der Waals surface area contributed by atoms with Gasteiger partial charge in [-0.05, 0) is 19.8 Å². The van der Waals surface area contributed by atoms with Gasteiger partial charge in [-0.15, -0.1) is 0 Å². The second-order valence-corrected chi connectivity index (χ2v) is 5.73. The molecule has 0 aliphatic heterocycles. The summed E-state index contributed by atoms with van der Waals surface area (Å²) < 4.78 is 1.67. The number of oxime groups is 1. The maximum absolute atomic E-state index is 12.5. The zero-order valence-electron chi connectivity index (χ0n) is 13.2. The molecule has 1 heterocycles. The third kappa shape index (κ3) is 4.77. The quantitative estimate of drug-likeness (QED) is 0.341. The maximum Gasteiger partial charge on any atom is 0.293 e. The minimum Gasteiger partial charge on any atom is -0.409 e. The van der Waals surface area contributed by atoms with E-state index in [2.05, 4.69) is 24.0 Å². The summed E-state index contributed by atoms with van der Waals surface area (Å²) in [6.45, 7) is 9.21. The molecule has 0 unspecified atom stereocenters. The molecule has 1 rings (SSSR count). The number of hydrogen-bond acceptors (Lipinski definition) is 5. The van der Waals surface area contributed by atoms with E-state index < -0.39 is 0 Å². The number of nitrogens with zero attached hydrogens (tertiary/aromatic N) is 4. The molecule has 7 nitrogen and oxygen atoms in total. The van der Waals surface area contributed by atoms with Crippen molar-refractivity contribution in [1.82, 2.24) is 9.55 Å². The van der Waals surface area contributed by atoms with E-state index in [0.29, 0.717) is 31.2 Å². The van der Waals surface area contributed by atoms with Gasteiger partial charge in [0.05, 0.1) is 0 Å². The summed E-state index contributed by atoms with van der Waals surface area (Å²) in [5.41, 5.74) is 5.39. The van der Waals surface area contributed by atoms with Crippen LogP contribution in [0.3, 0.4) is 0 Å². The number of anilines is 1. The van der Waals surface area contributed by atoms with Crippen LogP contribution >= 0.6 is 0 Å². The molecule has 21 heavy (non-hydrogen) atoms. The SMILES string of the molecule is CC(C)Cn1ccnc(N(CCC(N)=NO)C(C)C)c1=O. The number of aromatic nitrogens is 2. The molecule has 0 amide bonds. The number of nitrogens with two attached hydrogens (primary N) is 1. The van der Waals surface area contributed by atoms with Gasteiger partial charge in [-0.25, -0.2) is 4.98 Å². The van der Waals surface area contributed by atoms with E-state index in [1.807, 2.05) is 18.7 Å². The van der Waals surface area contributed by atoms with Crippen LogP contribution in [-0.4, -0.2) is 33.2 Å². The largest absolute Gasteiger partial charge is 0.409 e. The van der Waals surface area contributed by atoms with Crippen LogP contribution in [0, 0.1) is 5.92 Å². The Morgan fingerprint density at radius 2 is 2.14 bits per heavy atom. The van der Waals surface area contributed by atoms with Crippen LogP contribution in [0.1, 0.15) is 34.1 Å². The number of rotatable bonds is 7. The Balaban J connectivity index is 3.06. The highest BCUT2D eigenvalue weighted by Gasteiger charge is 2.17. The van der Waals surface area contributed by atoms with Gasteiger partial charge in [0, 0.05) is 37.9 Å². The summed E-state index contributed by atoms with van der Waals surface area (Å²) in [7, 11) is 0. The molecule has 1 aromatic heterocycles. The molecule has 0 saturated heterocycles. The molecule has 0 aromatic carbocycles. The van der Waals surface area contributed by atoms with Gasteiger partial charge >= 0.3 is 0 Å². The number of hydrogen-bond donors (Lipinski definition) is 2. The van der Waals surface area contributed by atoms with Crippen LogP contribution in [0.4, 0.5) is 5.82 Å². The highest BCUT2D eigenvalue weighted by Crippen LogP contribution is 2.10. The molecule has 0 spiro atoms. The van der Waals surface area contributed by atoms with Crippen molar-refractivity contribution >= 4 is 11.7 Å². The molecule has 0 saturated carbocycles. The van der Waals surface area contributed by atoms with E-state index in [-0.39, 0.29) is 17.4 Å². The first kappa shape index (κ1) is 17.0. The fraction of sp³-hybridized carbons (Fsp3) is 0.643. The molecule has 0 aliphatic rings. The van der Waals surface area contributed by atoms with Gasteiger partial charge in [0.1, 0.15) is 5.84 Å². The van der Waals surface area contributed by atoms with Crippen molar-refractivity contribution in [3.05, 3.63) is 22.7 Å². The van der Waals surface area contributed by atoms with Gasteiger partial charge in [0.25, 0.3) is 5.56 Å². The summed E-state index contributed by atoms with van der Waals surface area (Å²) in [6.07, 6.45) is 3.71. The van der Waals surface area contributed by atoms with E-state index in [1.165, 1.54) is 0 Å². The fourth-order valence-corrected chi connectivity index (χ4v) is 2.06. The smallest absolute Gasteiger partial charge is 0.293 e. The van der Waals surface area contributed by atoms with Crippen molar-refractivity contribution in [2.45, 2.75) is 46.7 Å². The van der Waals surface area contributed by atoms with Crippen molar-refractivity contribution in [1.29, 1.82) is 0 Å². The molecule has 3 N–H and O–H groups in total. The monoisotopic (exact) mass is 295 g/mol. The summed E-state index contributed by atoms with van der Waals surface area (Å²) in [5, 5.41) is 11.6. The summed E-state index contributed by atoms with van der Waals surface area (Å²) >= 11 is 0. The van der Waals surface area contributed by atoms with Crippen LogP contribution in [0.15, 0.2) is 22.3 Å². The summed E-state index contributed by atoms with van der Waals surface area (Å²) in [5.74, 6) is 0.917. The molecule has 0 bridgehead atoms. The maximum atomic E-state index is 12.5. The minimum atomic E-state index is -0.112. The molecule has 7 heteroatoms. The second kappa shape index (κ2) is 7.66. The average Bonchev–Trinajstić information content (AvgIpc) is 2.41. The Bertz CT molecular complexity index is 536. The van der Waals surface area contributed by atoms with Crippen LogP contribution in [0.25, 0.3) is 0 Å². The van der Waals surface area contributed by atoms with Gasteiger partial charge in [0.15, 0.2) is 5.82 Å². The topological polar surface area (TPSA) is 96.7 Å². The second-order valence-electron chi connectivity index (χ2n) is 5.73. The van der Waals surface area contributed by atoms with Crippen molar-refractivity contribution in [3.63, 3.8) is 0 Å². The predicted octanol–water partition coefficient (Wildman–Crippen LogP) is 1.25. The number of amidine groups is 1. The highest BCUT2D eigenvalue weighted by atomic mass is 16.4. The molecule has 118 valence electrons. The Labute approximate surface area is 125 Å². The predicted molar refractivity (Wildman–Crippen MR) is 83.8 cm³/mol. The molecule has 1 aromatic rings. The Kier molecular flexibility index (Phi) is 6.20. The van der Waals surface area contributed by atoms with E-state index in [1.54, 1.807) is 17.0 Å². The zero-order valence-corrected chi connectivity index (χ0v) is 13.2. The third-order valence-corrected chi connectivity index (χ3v) is 3.09. The third-order valence-electron chi connectivity index (χ3n) is 3.09. The van der Waals surface area contributed by atoms with Crippen molar-refractivity contribution in [2.24, 2.45) is 16.8 Å².